The van der Waals surface area contributed by atoms with Gasteiger partial charge in [0.15, 0.2) is 0 Å². The molecule has 1 atom stereocenters. The topological polar surface area (TPSA) is 78.5 Å². The first kappa shape index (κ1) is 24.2. The molecule has 0 aliphatic heterocycles. The Kier molecular flexibility index (Phi) is 7.80. The number of benzene rings is 1. The van der Waals surface area contributed by atoms with Gasteiger partial charge in [-0.1, -0.05) is 31.0 Å². The Morgan fingerprint density at radius 3 is 2.29 bits per heavy atom. The maximum atomic E-state index is 13.7. The Balaban J connectivity index is 1.67. The first-order chi connectivity index (χ1) is 16.4. The predicted octanol–water partition coefficient (Wildman–Crippen LogP) is 4.99. The average molecular weight is 496 g/mol. The maximum Gasteiger partial charge on any atom is 0.261 e. The fourth-order valence-corrected chi connectivity index (χ4v) is 5.89. The molecular weight excluding hydrogens is 466 g/mol. The highest BCUT2D eigenvalue weighted by atomic mass is 32.1. The Hall–Kier alpha value is -2.97. The third-order valence-corrected chi connectivity index (χ3v) is 7.71. The largest absolute Gasteiger partial charge is 0.351 e. The number of aryl methyl sites for hydroxylation is 2. The molecule has 0 unspecified atom stereocenters. The van der Waals surface area contributed by atoms with Gasteiger partial charge >= 0.3 is 0 Å². The number of carbonyl (C=O) groups excluding carboxylic acids is 3. The van der Waals surface area contributed by atoms with Crippen molar-refractivity contribution in [1.82, 2.24) is 10.6 Å². The highest BCUT2D eigenvalue weighted by Gasteiger charge is 2.35. The van der Waals surface area contributed by atoms with Gasteiger partial charge in [-0.15, -0.1) is 22.7 Å². The van der Waals surface area contributed by atoms with Crippen molar-refractivity contribution in [2.24, 2.45) is 0 Å². The lowest BCUT2D eigenvalue weighted by molar-refractivity contribution is -0.126. The minimum Gasteiger partial charge on any atom is -0.351 e. The quantitative estimate of drug-likeness (QED) is 0.462. The normalized spacial score (nSPS) is 14.5. The molecule has 4 rings (SSSR count). The molecule has 1 aliphatic carbocycles. The summed E-state index contributed by atoms with van der Waals surface area (Å²) in [6, 6.07) is 12.5. The van der Waals surface area contributed by atoms with E-state index < -0.39 is 6.04 Å². The van der Waals surface area contributed by atoms with Crippen molar-refractivity contribution >= 4 is 46.1 Å². The van der Waals surface area contributed by atoms with Crippen molar-refractivity contribution in [3.8, 4) is 0 Å². The number of hydrogen-bond acceptors (Lipinski definition) is 5. The second-order valence-corrected chi connectivity index (χ2v) is 10.6. The fraction of sp³-hybridized carbons (Fsp3) is 0.346. The fourth-order valence-electron chi connectivity index (χ4n) is 4.43. The molecule has 0 saturated heterocycles. The van der Waals surface area contributed by atoms with Crippen molar-refractivity contribution in [1.29, 1.82) is 0 Å². The summed E-state index contributed by atoms with van der Waals surface area (Å²) >= 11 is 2.77. The summed E-state index contributed by atoms with van der Waals surface area (Å²) in [5.41, 5.74) is 2.64. The lowest BCUT2D eigenvalue weighted by atomic mass is 10.1. The minimum atomic E-state index is -0.812. The predicted molar refractivity (Wildman–Crippen MR) is 138 cm³/mol. The molecule has 0 radical (unpaired) electrons. The first-order valence-corrected chi connectivity index (χ1v) is 13.2. The number of nitrogens with zero attached hydrogens (tertiary/aromatic N) is 1. The van der Waals surface area contributed by atoms with Gasteiger partial charge < -0.3 is 10.6 Å². The average Bonchev–Trinajstić information content (AvgIpc) is 3.58. The molecule has 0 bridgehead atoms. The summed E-state index contributed by atoms with van der Waals surface area (Å²) in [5.74, 6) is -0.826. The van der Waals surface area contributed by atoms with E-state index in [0.29, 0.717) is 10.6 Å². The molecular formula is C26H29N3O3S2. The maximum absolute atomic E-state index is 13.7. The number of amides is 3. The van der Waals surface area contributed by atoms with E-state index in [-0.39, 0.29) is 30.3 Å². The molecule has 2 N–H and O–H groups in total. The number of carbonyl (C=O) groups is 3. The molecule has 1 saturated carbocycles. The number of hydrogen-bond donors (Lipinski definition) is 2. The highest BCUT2D eigenvalue weighted by Crippen LogP contribution is 2.32. The van der Waals surface area contributed by atoms with Crippen LogP contribution < -0.4 is 15.5 Å². The molecule has 178 valence electrons. The molecule has 2 aromatic heterocycles. The van der Waals surface area contributed by atoms with Crippen LogP contribution in [-0.2, 0) is 9.59 Å². The molecule has 1 aliphatic rings. The zero-order valence-electron chi connectivity index (χ0n) is 19.4. The summed E-state index contributed by atoms with van der Waals surface area (Å²) in [5, 5.41) is 9.63. The molecule has 2 heterocycles. The van der Waals surface area contributed by atoms with Crippen LogP contribution >= 0.6 is 22.7 Å². The van der Waals surface area contributed by atoms with E-state index in [0.717, 1.165) is 41.7 Å². The van der Waals surface area contributed by atoms with Crippen molar-refractivity contribution in [3.63, 3.8) is 0 Å². The number of thiophene rings is 2. The van der Waals surface area contributed by atoms with E-state index in [4.69, 9.17) is 0 Å². The Morgan fingerprint density at radius 2 is 1.68 bits per heavy atom. The van der Waals surface area contributed by atoms with Gasteiger partial charge in [-0.05, 0) is 72.8 Å². The monoisotopic (exact) mass is 495 g/mol. The second-order valence-electron chi connectivity index (χ2n) is 8.68. The molecule has 1 fully saturated rings. The lowest BCUT2D eigenvalue weighted by Gasteiger charge is -2.32. The number of anilines is 1. The zero-order valence-corrected chi connectivity index (χ0v) is 21.0. The van der Waals surface area contributed by atoms with Crippen molar-refractivity contribution in [3.05, 3.63) is 74.1 Å². The number of rotatable bonds is 8. The van der Waals surface area contributed by atoms with Gasteiger partial charge in [0.25, 0.3) is 5.91 Å². The van der Waals surface area contributed by atoms with Crippen molar-refractivity contribution < 1.29 is 14.4 Å². The SMILES string of the molecule is Cc1cc(C)cc(N(C(=O)CNC(=O)c2cccs2)[C@H](C(=O)NC2CCCC2)c2cccs2)c1. The Bertz CT molecular complexity index is 1120. The van der Waals surface area contributed by atoms with Gasteiger partial charge in [0, 0.05) is 16.6 Å². The van der Waals surface area contributed by atoms with Crippen LogP contribution in [-0.4, -0.2) is 30.3 Å². The molecule has 3 amide bonds. The van der Waals surface area contributed by atoms with Gasteiger partial charge in [-0.2, -0.15) is 0 Å². The highest BCUT2D eigenvalue weighted by molar-refractivity contribution is 7.12. The third kappa shape index (κ3) is 5.74. The van der Waals surface area contributed by atoms with E-state index in [1.165, 1.54) is 22.7 Å². The number of nitrogens with one attached hydrogen (secondary N) is 2. The van der Waals surface area contributed by atoms with Crippen LogP contribution in [0.1, 0.15) is 57.4 Å². The van der Waals surface area contributed by atoms with Gasteiger partial charge in [-0.25, -0.2) is 0 Å². The van der Waals surface area contributed by atoms with Crippen molar-refractivity contribution in [2.45, 2.75) is 51.6 Å². The zero-order chi connectivity index (χ0) is 24.1. The molecule has 3 aromatic rings. The molecule has 6 nitrogen and oxygen atoms in total. The van der Waals surface area contributed by atoms with E-state index in [1.54, 1.807) is 17.0 Å². The standard InChI is InChI=1S/C26H29N3O3S2/c1-17-13-18(2)15-20(14-17)29(23(30)16-27-25(31)22-10-6-12-34-22)24(21-9-5-11-33-21)26(32)28-19-7-3-4-8-19/h5-6,9-15,19,24H,3-4,7-8,16H2,1-2H3,(H,27,31)(H,28,32)/t24-/m0/s1. The van der Waals surface area contributed by atoms with E-state index >= 15 is 0 Å². The van der Waals surface area contributed by atoms with Crippen LogP contribution in [0.2, 0.25) is 0 Å². The van der Waals surface area contributed by atoms with Gasteiger partial charge in [0.05, 0.1) is 11.4 Å². The minimum absolute atomic E-state index is 0.129. The van der Waals surface area contributed by atoms with Crippen LogP contribution in [0.15, 0.2) is 53.2 Å². The van der Waals surface area contributed by atoms with E-state index in [2.05, 4.69) is 10.6 Å². The molecule has 0 spiro atoms. The van der Waals surface area contributed by atoms with Crippen LogP contribution in [0.4, 0.5) is 5.69 Å². The smallest absolute Gasteiger partial charge is 0.261 e. The van der Waals surface area contributed by atoms with E-state index in [9.17, 15) is 14.4 Å². The lowest BCUT2D eigenvalue weighted by Crippen LogP contribution is -2.49. The Labute approximate surface area is 208 Å². The summed E-state index contributed by atoms with van der Waals surface area (Å²) in [6.45, 7) is 3.73. The van der Waals surface area contributed by atoms with Gasteiger partial charge in [0.1, 0.15) is 6.04 Å². The molecule has 1 aromatic carbocycles. The van der Waals surface area contributed by atoms with E-state index in [1.807, 2.05) is 54.9 Å². The summed E-state index contributed by atoms with van der Waals surface area (Å²) in [7, 11) is 0. The van der Waals surface area contributed by atoms with Crippen LogP contribution in [0.3, 0.4) is 0 Å². The molecule has 8 heteroatoms. The van der Waals surface area contributed by atoms with Gasteiger partial charge in [-0.3, -0.25) is 19.3 Å². The summed E-state index contributed by atoms with van der Waals surface area (Å²) < 4.78 is 0. The third-order valence-electron chi connectivity index (χ3n) is 5.92. The van der Waals surface area contributed by atoms with Gasteiger partial charge in [0.2, 0.25) is 11.8 Å². The van der Waals surface area contributed by atoms with Crippen LogP contribution in [0.5, 0.6) is 0 Å². The molecule has 34 heavy (non-hydrogen) atoms. The second kappa shape index (κ2) is 11.0. The first-order valence-electron chi connectivity index (χ1n) is 11.5. The van der Waals surface area contributed by atoms with Crippen LogP contribution in [0.25, 0.3) is 0 Å². The summed E-state index contributed by atoms with van der Waals surface area (Å²) in [4.78, 5) is 42.6. The van der Waals surface area contributed by atoms with Crippen molar-refractivity contribution in [2.75, 3.05) is 11.4 Å². The van der Waals surface area contributed by atoms with Crippen LogP contribution in [0, 0.1) is 13.8 Å². The summed E-state index contributed by atoms with van der Waals surface area (Å²) in [6.07, 6.45) is 4.11. The Morgan fingerprint density at radius 1 is 1.00 bits per heavy atom.